The number of esters is 1. The summed E-state index contributed by atoms with van der Waals surface area (Å²) in [6, 6.07) is 0. The molecule has 0 amide bonds. The van der Waals surface area contributed by atoms with Gasteiger partial charge in [-0.1, -0.05) is 19.9 Å². The van der Waals surface area contributed by atoms with Crippen LogP contribution < -0.4 is 0 Å². The molecule has 0 unspecified atom stereocenters. The molecule has 0 aromatic carbocycles. The summed E-state index contributed by atoms with van der Waals surface area (Å²) in [5.74, 6) is -0.366. The lowest BCUT2D eigenvalue weighted by molar-refractivity contribution is -0.146. The largest absolute Gasteiger partial charge is 0.459 e. The third-order valence-corrected chi connectivity index (χ3v) is 3.19. The van der Waals surface area contributed by atoms with Crippen LogP contribution in [0.1, 0.15) is 20.8 Å². The summed E-state index contributed by atoms with van der Waals surface area (Å²) in [6.45, 7) is 9.35. The van der Waals surface area contributed by atoms with E-state index in [1.807, 2.05) is 19.9 Å². The third kappa shape index (κ3) is 1.82. The van der Waals surface area contributed by atoms with Gasteiger partial charge in [0.2, 0.25) is 0 Å². The lowest BCUT2D eigenvalue weighted by Crippen LogP contribution is -2.33. The van der Waals surface area contributed by atoms with E-state index >= 15 is 0 Å². The van der Waals surface area contributed by atoms with E-state index in [0.717, 1.165) is 0 Å². The SMILES string of the molecule is C=C[C@@H](C)[C@H](C)[C@@H]1OC(=O)[C@H](C)[C@H]1O. The first kappa shape index (κ1) is 11.2. The molecule has 0 aliphatic carbocycles. The summed E-state index contributed by atoms with van der Waals surface area (Å²) in [7, 11) is 0. The van der Waals surface area contributed by atoms with Crippen molar-refractivity contribution >= 4 is 5.97 Å². The highest BCUT2D eigenvalue weighted by Gasteiger charge is 2.44. The standard InChI is InChI=1S/C11H18O3/c1-5-6(2)7(3)10-9(12)8(4)11(13)14-10/h5-10,12H,1H2,2-4H3/t6-,7+,8-,9-,10+/m1/s1. The van der Waals surface area contributed by atoms with Gasteiger partial charge in [-0.15, -0.1) is 6.58 Å². The number of carbonyl (C=O) groups is 1. The van der Waals surface area contributed by atoms with Crippen molar-refractivity contribution in [3.05, 3.63) is 12.7 Å². The number of aliphatic hydroxyl groups excluding tert-OH is 1. The molecule has 0 spiro atoms. The molecular weight excluding hydrogens is 180 g/mol. The van der Waals surface area contributed by atoms with Crippen LogP contribution in [0.2, 0.25) is 0 Å². The molecule has 0 aromatic rings. The predicted molar refractivity (Wildman–Crippen MR) is 53.6 cm³/mol. The molecule has 80 valence electrons. The van der Waals surface area contributed by atoms with Crippen molar-refractivity contribution in [2.75, 3.05) is 0 Å². The first-order chi connectivity index (χ1) is 6.49. The van der Waals surface area contributed by atoms with Crippen molar-refractivity contribution < 1.29 is 14.6 Å². The van der Waals surface area contributed by atoms with Gasteiger partial charge in [0.1, 0.15) is 12.2 Å². The van der Waals surface area contributed by atoms with Crippen LogP contribution in [-0.4, -0.2) is 23.3 Å². The number of aliphatic hydroxyl groups is 1. The molecular formula is C11H18O3. The van der Waals surface area contributed by atoms with Crippen LogP contribution in [0.25, 0.3) is 0 Å². The minimum atomic E-state index is -0.681. The average molecular weight is 198 g/mol. The molecule has 1 heterocycles. The fourth-order valence-corrected chi connectivity index (χ4v) is 1.67. The van der Waals surface area contributed by atoms with E-state index in [2.05, 4.69) is 6.58 Å². The predicted octanol–water partition coefficient (Wildman–Crippen LogP) is 1.37. The Morgan fingerprint density at radius 3 is 2.50 bits per heavy atom. The quantitative estimate of drug-likeness (QED) is 0.550. The molecule has 3 nitrogen and oxygen atoms in total. The van der Waals surface area contributed by atoms with Gasteiger partial charge in [-0.25, -0.2) is 0 Å². The highest BCUT2D eigenvalue weighted by Crippen LogP contribution is 2.30. The minimum absolute atomic E-state index is 0.108. The van der Waals surface area contributed by atoms with E-state index in [0.29, 0.717) is 0 Å². The highest BCUT2D eigenvalue weighted by molar-refractivity contribution is 5.75. The van der Waals surface area contributed by atoms with Gasteiger partial charge in [-0.05, 0) is 12.8 Å². The normalized spacial score (nSPS) is 36.3. The molecule has 1 saturated heterocycles. The average Bonchev–Trinajstić information content (AvgIpc) is 2.43. The summed E-state index contributed by atoms with van der Waals surface area (Å²) >= 11 is 0. The van der Waals surface area contributed by atoms with Gasteiger partial charge < -0.3 is 9.84 Å². The molecule has 0 aromatic heterocycles. The number of ether oxygens (including phenoxy) is 1. The van der Waals surface area contributed by atoms with Crippen LogP contribution in [-0.2, 0) is 9.53 Å². The van der Waals surface area contributed by atoms with Gasteiger partial charge in [0.15, 0.2) is 0 Å². The molecule has 5 atom stereocenters. The van der Waals surface area contributed by atoms with Crippen molar-refractivity contribution in [1.29, 1.82) is 0 Å². The molecule has 14 heavy (non-hydrogen) atoms. The maximum absolute atomic E-state index is 11.2. The summed E-state index contributed by atoms with van der Waals surface area (Å²) in [4.78, 5) is 11.2. The van der Waals surface area contributed by atoms with Crippen LogP contribution in [0, 0.1) is 17.8 Å². The van der Waals surface area contributed by atoms with E-state index in [1.165, 1.54) is 0 Å². The second-order valence-electron chi connectivity index (χ2n) is 4.13. The minimum Gasteiger partial charge on any atom is -0.459 e. The topological polar surface area (TPSA) is 46.5 Å². The molecule has 0 bridgehead atoms. The van der Waals surface area contributed by atoms with Gasteiger partial charge in [-0.2, -0.15) is 0 Å². The Morgan fingerprint density at radius 1 is 1.57 bits per heavy atom. The zero-order chi connectivity index (χ0) is 10.9. The molecule has 3 heteroatoms. The smallest absolute Gasteiger partial charge is 0.311 e. The van der Waals surface area contributed by atoms with Crippen molar-refractivity contribution in [3.63, 3.8) is 0 Å². The highest BCUT2D eigenvalue weighted by atomic mass is 16.6. The fraction of sp³-hybridized carbons (Fsp3) is 0.727. The second-order valence-corrected chi connectivity index (χ2v) is 4.13. The van der Waals surface area contributed by atoms with Gasteiger partial charge in [-0.3, -0.25) is 4.79 Å². The summed E-state index contributed by atoms with van der Waals surface area (Å²) in [5.41, 5.74) is 0. The van der Waals surface area contributed by atoms with Gasteiger partial charge >= 0.3 is 5.97 Å². The molecule has 1 aliphatic heterocycles. The van der Waals surface area contributed by atoms with Crippen LogP contribution >= 0.6 is 0 Å². The van der Waals surface area contributed by atoms with E-state index in [1.54, 1.807) is 6.92 Å². The zero-order valence-corrected chi connectivity index (χ0v) is 8.93. The Hall–Kier alpha value is -0.830. The Bertz CT molecular complexity index is 237. The summed E-state index contributed by atoms with van der Waals surface area (Å²) in [6.07, 6.45) is 0.749. The first-order valence-corrected chi connectivity index (χ1v) is 5.00. The number of hydrogen-bond acceptors (Lipinski definition) is 3. The number of hydrogen-bond donors (Lipinski definition) is 1. The van der Waals surface area contributed by atoms with Gasteiger partial charge in [0, 0.05) is 5.92 Å². The summed E-state index contributed by atoms with van der Waals surface area (Å²) < 4.78 is 5.13. The van der Waals surface area contributed by atoms with E-state index in [4.69, 9.17) is 4.74 Å². The Kier molecular flexibility index (Phi) is 3.32. The van der Waals surface area contributed by atoms with Crippen molar-refractivity contribution in [3.8, 4) is 0 Å². The number of rotatable bonds is 3. The second kappa shape index (κ2) is 4.13. The fourth-order valence-electron chi connectivity index (χ4n) is 1.67. The van der Waals surface area contributed by atoms with E-state index in [9.17, 15) is 9.90 Å². The molecule has 0 saturated carbocycles. The third-order valence-electron chi connectivity index (χ3n) is 3.19. The lowest BCUT2D eigenvalue weighted by Gasteiger charge is -2.24. The molecule has 0 radical (unpaired) electrons. The lowest BCUT2D eigenvalue weighted by atomic mass is 9.86. The zero-order valence-electron chi connectivity index (χ0n) is 8.93. The van der Waals surface area contributed by atoms with Crippen LogP contribution in [0.5, 0.6) is 0 Å². The maximum atomic E-state index is 11.2. The number of carbonyl (C=O) groups excluding carboxylic acids is 1. The Morgan fingerprint density at radius 2 is 2.14 bits per heavy atom. The molecule has 1 fully saturated rings. The maximum Gasteiger partial charge on any atom is 0.311 e. The monoisotopic (exact) mass is 198 g/mol. The molecule has 1 rings (SSSR count). The van der Waals surface area contributed by atoms with Gasteiger partial charge in [0.25, 0.3) is 0 Å². The Balaban J connectivity index is 2.70. The van der Waals surface area contributed by atoms with E-state index in [-0.39, 0.29) is 23.9 Å². The van der Waals surface area contributed by atoms with Crippen LogP contribution in [0.15, 0.2) is 12.7 Å². The van der Waals surface area contributed by atoms with Crippen LogP contribution in [0.3, 0.4) is 0 Å². The van der Waals surface area contributed by atoms with E-state index < -0.39 is 12.0 Å². The van der Waals surface area contributed by atoms with Crippen LogP contribution in [0.4, 0.5) is 0 Å². The molecule has 1 aliphatic rings. The number of allylic oxidation sites excluding steroid dienone is 1. The van der Waals surface area contributed by atoms with Crippen molar-refractivity contribution in [2.45, 2.75) is 33.0 Å². The van der Waals surface area contributed by atoms with Gasteiger partial charge in [0.05, 0.1) is 5.92 Å². The Labute approximate surface area is 84.8 Å². The number of cyclic esters (lactones) is 1. The summed E-state index contributed by atoms with van der Waals surface area (Å²) in [5, 5.41) is 9.76. The van der Waals surface area contributed by atoms with Crippen molar-refractivity contribution in [2.24, 2.45) is 17.8 Å². The first-order valence-electron chi connectivity index (χ1n) is 5.00. The van der Waals surface area contributed by atoms with Crippen molar-refractivity contribution in [1.82, 2.24) is 0 Å². The molecule has 1 N–H and O–H groups in total.